The Labute approximate surface area is 390 Å². The van der Waals surface area contributed by atoms with Crippen molar-refractivity contribution in [1.82, 2.24) is 45.2 Å². The lowest BCUT2D eigenvalue weighted by Crippen LogP contribution is -2.60. The van der Waals surface area contributed by atoms with E-state index < -0.39 is 95.5 Å². The minimum atomic E-state index is -5.73. The first-order chi connectivity index (χ1) is 32.9. The van der Waals surface area contributed by atoms with E-state index in [-0.39, 0.29) is 50.0 Å². The minimum Gasteiger partial charge on any atom is -0.491 e. The van der Waals surface area contributed by atoms with E-state index in [1.54, 1.807) is 31.2 Å². The summed E-state index contributed by atoms with van der Waals surface area (Å²) in [6.45, 7) is 2.45. The maximum atomic E-state index is 12.8. The van der Waals surface area contributed by atoms with Crippen LogP contribution in [0.2, 0.25) is 0 Å². The van der Waals surface area contributed by atoms with Gasteiger partial charge in [0.2, 0.25) is 17.7 Å². The SMILES string of the molecule is Cc1nnc(-c2ccc(OCCOCCOCCOCCOCCC(=O)NCC3O[C@H](OP(=O)(O)OP(=O)(O)OC[C@H]4O[C@@H](n5cnc6c(=O)[nH]c(N)nc65)[C@@H](O)C4O)C(O)[C@@H](O)[C@@H]3O)cc2)nn1. The van der Waals surface area contributed by atoms with E-state index >= 15 is 0 Å². The van der Waals surface area contributed by atoms with Gasteiger partial charge in [-0.1, -0.05) is 0 Å². The number of carbonyl (C=O) groups excluding carboxylic acids is 1. The number of aryl methyl sites for hydroxylation is 1. The number of H-pyrrole nitrogens is 1. The molecule has 6 rings (SSSR count). The molecule has 5 heterocycles. The zero-order valence-electron chi connectivity index (χ0n) is 36.5. The molecule has 33 heteroatoms. The van der Waals surface area contributed by atoms with Gasteiger partial charge in [-0.3, -0.25) is 28.2 Å². The number of amides is 1. The van der Waals surface area contributed by atoms with Crippen molar-refractivity contribution in [2.75, 3.05) is 78.3 Å². The number of aliphatic hydroxyl groups is 5. The van der Waals surface area contributed by atoms with Crippen molar-refractivity contribution in [3.05, 3.63) is 46.8 Å². The largest absolute Gasteiger partial charge is 0.491 e. The molecule has 11 N–H and O–H groups in total. The second-order valence-corrected chi connectivity index (χ2v) is 17.9. The van der Waals surface area contributed by atoms with E-state index in [0.717, 1.165) is 16.5 Å². The van der Waals surface area contributed by atoms with Crippen molar-refractivity contribution in [3.8, 4) is 17.1 Å². The standard InChI is InChI=1S/C36H52N10O21P2/c1-19-42-44-31(45-43-19)20-2-4-21(5-3-20)62-15-14-61-13-12-60-11-10-59-9-8-58-7-6-24(47)38-16-22-26(48)28(50)30(52)35(65-22)66-69(56,57)67-68(54,55)63-17-23-27(49)29(51)34(64-23)46-18-39-25-32(46)40-36(37)41-33(25)53/h2-5,18,22-23,26-30,34-35,48-52H,6-17H2,1H3,(H,38,47)(H,54,55)(H,56,57)(H3,37,40,41,53)/t22?,23-,26-,27?,28+,29+,30?,34-,35-/m1/s1. The number of anilines is 1. The molecular formula is C36H52N10O21P2. The van der Waals surface area contributed by atoms with Gasteiger partial charge in [0, 0.05) is 18.5 Å². The van der Waals surface area contributed by atoms with Crippen LogP contribution in [0.3, 0.4) is 0 Å². The highest BCUT2D eigenvalue weighted by molar-refractivity contribution is 7.61. The van der Waals surface area contributed by atoms with Gasteiger partial charge in [0.05, 0.1) is 65.8 Å². The van der Waals surface area contributed by atoms with Gasteiger partial charge in [0.1, 0.15) is 55.1 Å². The zero-order valence-corrected chi connectivity index (χ0v) is 38.3. The maximum Gasteiger partial charge on any atom is 0.483 e. The number of hydrogen-bond acceptors (Lipinski definition) is 26. The van der Waals surface area contributed by atoms with Crippen LogP contribution in [0.4, 0.5) is 5.95 Å². The third-order valence-electron chi connectivity index (χ3n) is 9.85. The number of nitrogens with one attached hydrogen (secondary N) is 2. The normalized spacial score (nSPS) is 25.6. The summed E-state index contributed by atoms with van der Waals surface area (Å²) >= 11 is 0. The summed E-state index contributed by atoms with van der Waals surface area (Å²) in [6, 6.07) is 7.18. The van der Waals surface area contributed by atoms with Gasteiger partial charge < -0.3 is 79.5 Å². The maximum absolute atomic E-state index is 12.8. The highest BCUT2D eigenvalue weighted by Gasteiger charge is 2.50. The number of aliphatic hydroxyl groups excluding tert-OH is 5. The van der Waals surface area contributed by atoms with Gasteiger partial charge in [-0.2, -0.15) is 9.29 Å². The third kappa shape index (κ3) is 15.4. The van der Waals surface area contributed by atoms with E-state index in [2.05, 4.69) is 45.0 Å². The molecular weight excluding hydrogens is 970 g/mol. The average molecular weight is 1020 g/mol. The fourth-order valence-corrected chi connectivity index (χ4v) is 8.57. The molecule has 1 amide bonds. The number of nitrogens with two attached hydrogens (primary N) is 1. The first-order valence-electron chi connectivity index (χ1n) is 20.9. The summed E-state index contributed by atoms with van der Waals surface area (Å²) in [4.78, 5) is 55.0. The number of ether oxygens (including phenoxy) is 7. The quantitative estimate of drug-likeness (QED) is 0.0205. The Morgan fingerprint density at radius 3 is 2.06 bits per heavy atom. The van der Waals surface area contributed by atoms with Gasteiger partial charge in [-0.05, 0) is 31.2 Å². The topological polar surface area (TPSA) is 438 Å². The molecule has 2 aliphatic heterocycles. The lowest BCUT2D eigenvalue weighted by Gasteiger charge is -2.40. The van der Waals surface area contributed by atoms with E-state index in [1.807, 2.05) is 0 Å². The number of phosphoric ester groups is 2. The second kappa shape index (κ2) is 25.0. The van der Waals surface area contributed by atoms with Gasteiger partial charge >= 0.3 is 15.6 Å². The molecule has 0 saturated carbocycles. The van der Waals surface area contributed by atoms with Gasteiger partial charge in [0.15, 0.2) is 29.5 Å². The summed E-state index contributed by atoms with van der Waals surface area (Å²) in [5.74, 6) is 0.669. The fraction of sp³-hybridized carbons (Fsp3) is 0.611. The van der Waals surface area contributed by atoms with Crippen LogP contribution in [-0.2, 0) is 55.7 Å². The Kier molecular flexibility index (Phi) is 19.5. The number of hydrogen-bond donors (Lipinski definition) is 10. The molecule has 31 nitrogen and oxygen atoms in total. The number of nitrogens with zero attached hydrogens (tertiary/aromatic N) is 7. The molecule has 0 radical (unpaired) electrons. The van der Waals surface area contributed by atoms with Crippen molar-refractivity contribution in [2.45, 2.75) is 68.6 Å². The predicted octanol–water partition coefficient (Wildman–Crippen LogP) is -3.41. The molecule has 4 aromatic rings. The summed E-state index contributed by atoms with van der Waals surface area (Å²) in [5.41, 5.74) is 5.31. The molecule has 0 bridgehead atoms. The predicted molar refractivity (Wildman–Crippen MR) is 227 cm³/mol. The van der Waals surface area contributed by atoms with Gasteiger partial charge in [0.25, 0.3) is 5.56 Å². The Morgan fingerprint density at radius 2 is 1.41 bits per heavy atom. The molecule has 11 atom stereocenters. The van der Waals surface area contributed by atoms with E-state index in [9.17, 15) is 54.0 Å². The van der Waals surface area contributed by atoms with Crippen LogP contribution in [0, 0.1) is 6.92 Å². The number of benzene rings is 1. The molecule has 2 saturated heterocycles. The number of nitrogen functional groups attached to an aromatic ring is 1. The average Bonchev–Trinajstić information content (AvgIpc) is 3.85. The number of fused-ring (bicyclic) bond motifs is 1. The number of imidazole rings is 1. The van der Waals surface area contributed by atoms with Crippen LogP contribution in [-0.4, -0.2) is 203 Å². The molecule has 1 aromatic carbocycles. The highest BCUT2D eigenvalue weighted by atomic mass is 31.3. The van der Waals surface area contributed by atoms with Crippen LogP contribution in [0.25, 0.3) is 22.6 Å². The van der Waals surface area contributed by atoms with Crippen LogP contribution in [0.1, 0.15) is 18.5 Å². The smallest absolute Gasteiger partial charge is 0.483 e. The van der Waals surface area contributed by atoms with E-state index in [1.165, 1.54) is 0 Å². The van der Waals surface area contributed by atoms with Crippen LogP contribution < -0.4 is 21.3 Å². The molecule has 2 fully saturated rings. The Bertz CT molecular complexity index is 2420. The number of phosphoric acid groups is 2. The van der Waals surface area contributed by atoms with Gasteiger partial charge in [-0.25, -0.2) is 14.1 Å². The fourth-order valence-electron chi connectivity index (χ4n) is 6.41. The molecule has 3 aromatic heterocycles. The van der Waals surface area contributed by atoms with Crippen LogP contribution >= 0.6 is 15.6 Å². The monoisotopic (exact) mass is 1020 g/mol. The first-order valence-corrected chi connectivity index (χ1v) is 23.9. The molecule has 69 heavy (non-hydrogen) atoms. The van der Waals surface area contributed by atoms with Crippen molar-refractivity contribution in [2.24, 2.45) is 0 Å². The summed E-state index contributed by atoms with van der Waals surface area (Å²) in [5, 5.41) is 70.5. The van der Waals surface area contributed by atoms with Crippen LogP contribution in [0.15, 0.2) is 35.4 Å². The lowest BCUT2D eigenvalue weighted by molar-refractivity contribution is -0.273. The Morgan fingerprint density at radius 1 is 0.797 bits per heavy atom. The first kappa shape index (κ1) is 53.7. The molecule has 5 unspecified atom stereocenters. The second-order valence-electron chi connectivity index (χ2n) is 14.9. The number of aromatic nitrogens is 8. The van der Waals surface area contributed by atoms with E-state index in [4.69, 9.17) is 47.9 Å². The number of carbonyl (C=O) groups is 1. The van der Waals surface area contributed by atoms with Crippen molar-refractivity contribution in [3.63, 3.8) is 0 Å². The Hall–Kier alpha value is -4.60. The lowest BCUT2D eigenvalue weighted by atomic mass is 9.99. The van der Waals surface area contributed by atoms with Gasteiger partial charge in [-0.15, -0.1) is 20.4 Å². The summed E-state index contributed by atoms with van der Waals surface area (Å²) in [7, 11) is -11.3. The van der Waals surface area contributed by atoms with E-state index in [0.29, 0.717) is 50.4 Å². The minimum absolute atomic E-state index is 0.0323. The molecule has 382 valence electrons. The Balaban J connectivity index is 0.798. The van der Waals surface area contributed by atoms with Crippen molar-refractivity contribution < 1.29 is 95.8 Å². The number of aromatic amines is 1. The summed E-state index contributed by atoms with van der Waals surface area (Å²) in [6.07, 6.45) is -15.6. The van der Waals surface area contributed by atoms with Crippen molar-refractivity contribution in [1.29, 1.82) is 0 Å². The molecule has 2 aliphatic rings. The molecule has 0 spiro atoms. The third-order valence-corrected chi connectivity index (χ3v) is 12.5. The number of rotatable bonds is 27. The van der Waals surface area contributed by atoms with Crippen LogP contribution in [0.5, 0.6) is 5.75 Å². The zero-order chi connectivity index (χ0) is 49.7. The summed E-state index contributed by atoms with van der Waals surface area (Å²) < 4.78 is 78.4. The van der Waals surface area contributed by atoms with Crippen molar-refractivity contribution >= 4 is 38.7 Å². The molecule has 0 aliphatic carbocycles. The highest BCUT2D eigenvalue weighted by Crippen LogP contribution is 2.61.